The van der Waals surface area contributed by atoms with E-state index in [0.717, 1.165) is 30.3 Å². The lowest BCUT2D eigenvalue weighted by molar-refractivity contribution is 0.132. The maximum absolute atomic E-state index is 5.87. The van der Waals surface area contributed by atoms with E-state index in [-0.39, 0.29) is 24.8 Å². The smallest absolute Gasteiger partial charge is 0.209 e. The Morgan fingerprint density at radius 2 is 1.95 bits per heavy atom. The Kier molecular flexibility index (Phi) is 7.90. The second-order valence-corrected chi connectivity index (χ2v) is 5.34. The highest BCUT2D eigenvalue weighted by Crippen LogP contribution is 2.23. The molecule has 122 valence electrons. The van der Waals surface area contributed by atoms with Crippen molar-refractivity contribution in [3.05, 3.63) is 42.4 Å². The Labute approximate surface area is 143 Å². The van der Waals surface area contributed by atoms with Crippen molar-refractivity contribution in [2.24, 2.45) is 5.73 Å². The van der Waals surface area contributed by atoms with Crippen molar-refractivity contribution in [1.29, 1.82) is 0 Å². The Bertz CT molecular complexity index is 547. The van der Waals surface area contributed by atoms with E-state index < -0.39 is 0 Å². The quantitative estimate of drug-likeness (QED) is 0.922. The van der Waals surface area contributed by atoms with Gasteiger partial charge in [-0.05, 0) is 19.4 Å². The van der Waals surface area contributed by atoms with Crippen LogP contribution in [-0.4, -0.2) is 29.0 Å². The fourth-order valence-corrected chi connectivity index (χ4v) is 2.83. The van der Waals surface area contributed by atoms with Gasteiger partial charge in [-0.3, -0.25) is 4.90 Å². The molecule has 0 bridgehead atoms. The van der Waals surface area contributed by atoms with Gasteiger partial charge in [0, 0.05) is 18.2 Å². The van der Waals surface area contributed by atoms with Crippen LogP contribution in [-0.2, 0) is 6.54 Å². The van der Waals surface area contributed by atoms with Crippen molar-refractivity contribution in [2.75, 3.05) is 13.1 Å². The molecule has 1 aliphatic heterocycles. The van der Waals surface area contributed by atoms with Gasteiger partial charge in [0.1, 0.15) is 0 Å². The Hall–Kier alpha value is -1.07. The molecule has 0 spiro atoms. The van der Waals surface area contributed by atoms with Crippen LogP contribution in [0.4, 0.5) is 0 Å². The number of piperidine rings is 1. The highest BCUT2D eigenvalue weighted by molar-refractivity contribution is 5.85. The van der Waals surface area contributed by atoms with E-state index in [4.69, 9.17) is 10.2 Å². The molecule has 0 amide bonds. The molecule has 1 aromatic carbocycles. The van der Waals surface area contributed by atoms with Crippen LogP contribution in [0.1, 0.15) is 25.2 Å². The van der Waals surface area contributed by atoms with Crippen molar-refractivity contribution in [2.45, 2.75) is 31.8 Å². The SMILES string of the molecule is Cl.Cl.NCC1CCCCN1Cc1ncc(-c2ccccc2)o1. The van der Waals surface area contributed by atoms with Gasteiger partial charge in [-0.15, -0.1) is 24.8 Å². The molecule has 0 saturated carbocycles. The molecule has 4 nitrogen and oxygen atoms in total. The van der Waals surface area contributed by atoms with Crippen LogP contribution in [0.5, 0.6) is 0 Å². The lowest BCUT2D eigenvalue weighted by atomic mass is 10.0. The van der Waals surface area contributed by atoms with E-state index in [1.165, 1.54) is 19.3 Å². The Balaban J connectivity index is 0.00000121. The molecule has 2 aromatic rings. The number of nitrogens with zero attached hydrogens (tertiary/aromatic N) is 2. The third kappa shape index (κ3) is 4.46. The third-order valence-corrected chi connectivity index (χ3v) is 3.97. The highest BCUT2D eigenvalue weighted by atomic mass is 35.5. The van der Waals surface area contributed by atoms with Crippen molar-refractivity contribution >= 4 is 24.8 Å². The fraction of sp³-hybridized carbons (Fsp3) is 0.438. The lowest BCUT2D eigenvalue weighted by Crippen LogP contribution is -2.43. The van der Waals surface area contributed by atoms with Crippen molar-refractivity contribution in [3.8, 4) is 11.3 Å². The van der Waals surface area contributed by atoms with Gasteiger partial charge < -0.3 is 10.2 Å². The van der Waals surface area contributed by atoms with Gasteiger partial charge in [-0.25, -0.2) is 4.98 Å². The third-order valence-electron chi connectivity index (χ3n) is 3.97. The summed E-state index contributed by atoms with van der Waals surface area (Å²) in [5, 5.41) is 0. The van der Waals surface area contributed by atoms with Gasteiger partial charge in [0.2, 0.25) is 5.89 Å². The summed E-state index contributed by atoms with van der Waals surface area (Å²) in [5.41, 5.74) is 6.92. The van der Waals surface area contributed by atoms with Gasteiger partial charge >= 0.3 is 0 Å². The highest BCUT2D eigenvalue weighted by Gasteiger charge is 2.22. The molecule has 2 N–H and O–H groups in total. The molecular weight excluding hydrogens is 321 g/mol. The van der Waals surface area contributed by atoms with Gasteiger partial charge in [0.15, 0.2) is 5.76 Å². The number of aromatic nitrogens is 1. The minimum atomic E-state index is 0. The van der Waals surface area contributed by atoms with Crippen LogP contribution in [0.25, 0.3) is 11.3 Å². The van der Waals surface area contributed by atoms with Crippen LogP contribution >= 0.6 is 24.8 Å². The number of likely N-dealkylation sites (tertiary alicyclic amines) is 1. The molecule has 3 rings (SSSR count). The van der Waals surface area contributed by atoms with Gasteiger partial charge in [0.05, 0.1) is 12.7 Å². The normalized spacial score (nSPS) is 18.3. The minimum Gasteiger partial charge on any atom is -0.439 e. The number of hydrogen-bond donors (Lipinski definition) is 1. The number of rotatable bonds is 4. The summed E-state index contributed by atoms with van der Waals surface area (Å²) in [6.45, 7) is 2.56. The molecule has 22 heavy (non-hydrogen) atoms. The molecule has 6 heteroatoms. The molecule has 1 fully saturated rings. The summed E-state index contributed by atoms with van der Waals surface area (Å²) in [4.78, 5) is 6.80. The molecule has 1 saturated heterocycles. The minimum absolute atomic E-state index is 0. The van der Waals surface area contributed by atoms with Gasteiger partial charge in [-0.2, -0.15) is 0 Å². The van der Waals surface area contributed by atoms with Crippen LogP contribution in [0.2, 0.25) is 0 Å². The van der Waals surface area contributed by atoms with E-state index in [1.807, 2.05) is 36.5 Å². The maximum atomic E-state index is 5.87. The van der Waals surface area contributed by atoms with Crippen LogP contribution in [0, 0.1) is 0 Å². The summed E-state index contributed by atoms with van der Waals surface area (Å²) in [6.07, 6.45) is 5.51. The molecule has 0 aliphatic carbocycles. The van der Waals surface area contributed by atoms with E-state index in [9.17, 15) is 0 Å². The predicted octanol–water partition coefficient (Wildman–Crippen LogP) is 3.50. The van der Waals surface area contributed by atoms with Gasteiger partial charge in [-0.1, -0.05) is 36.8 Å². The van der Waals surface area contributed by atoms with E-state index >= 15 is 0 Å². The second-order valence-electron chi connectivity index (χ2n) is 5.34. The summed E-state index contributed by atoms with van der Waals surface area (Å²) in [6, 6.07) is 10.6. The van der Waals surface area contributed by atoms with Crippen LogP contribution < -0.4 is 5.73 Å². The van der Waals surface area contributed by atoms with Crippen LogP contribution in [0.3, 0.4) is 0 Å². The van der Waals surface area contributed by atoms with Crippen molar-refractivity contribution in [1.82, 2.24) is 9.88 Å². The largest absolute Gasteiger partial charge is 0.439 e. The number of nitrogens with two attached hydrogens (primary N) is 1. The molecule has 2 heterocycles. The molecule has 1 unspecified atom stereocenters. The predicted molar refractivity (Wildman–Crippen MR) is 93.5 cm³/mol. The zero-order chi connectivity index (χ0) is 13.8. The summed E-state index contributed by atoms with van der Waals surface area (Å²) >= 11 is 0. The first-order valence-corrected chi connectivity index (χ1v) is 7.31. The standard InChI is InChI=1S/C16H21N3O.2ClH/c17-10-14-8-4-5-9-19(14)12-16-18-11-15(20-16)13-6-2-1-3-7-13;;/h1-3,6-7,11,14H,4-5,8-10,12,17H2;2*1H. The molecular formula is C16H23Cl2N3O. The Morgan fingerprint density at radius 1 is 1.18 bits per heavy atom. The monoisotopic (exact) mass is 343 g/mol. The first-order chi connectivity index (χ1) is 9.86. The number of hydrogen-bond acceptors (Lipinski definition) is 4. The van der Waals surface area contributed by atoms with Crippen LogP contribution in [0.15, 0.2) is 40.9 Å². The molecule has 0 radical (unpaired) electrons. The lowest BCUT2D eigenvalue weighted by Gasteiger charge is -2.33. The van der Waals surface area contributed by atoms with Gasteiger partial charge in [0.25, 0.3) is 0 Å². The second kappa shape index (κ2) is 9.16. The number of oxazole rings is 1. The first-order valence-electron chi connectivity index (χ1n) is 7.31. The molecule has 1 atom stereocenters. The zero-order valence-corrected chi connectivity index (χ0v) is 14.1. The summed E-state index contributed by atoms with van der Waals surface area (Å²) in [7, 11) is 0. The zero-order valence-electron chi connectivity index (χ0n) is 12.5. The molecule has 1 aliphatic rings. The average Bonchev–Trinajstić information content (AvgIpc) is 2.97. The topological polar surface area (TPSA) is 55.3 Å². The van der Waals surface area contributed by atoms with E-state index in [2.05, 4.69) is 9.88 Å². The average molecular weight is 344 g/mol. The van der Waals surface area contributed by atoms with E-state index in [1.54, 1.807) is 0 Å². The van der Waals surface area contributed by atoms with E-state index in [0.29, 0.717) is 12.6 Å². The maximum Gasteiger partial charge on any atom is 0.209 e. The number of halogens is 2. The summed E-state index contributed by atoms with van der Waals surface area (Å²) in [5.74, 6) is 1.62. The number of benzene rings is 1. The van der Waals surface area contributed by atoms with Crippen molar-refractivity contribution in [3.63, 3.8) is 0 Å². The fourth-order valence-electron chi connectivity index (χ4n) is 2.83. The summed E-state index contributed by atoms with van der Waals surface area (Å²) < 4.78 is 5.87. The first kappa shape index (κ1) is 19.0. The molecule has 1 aromatic heterocycles. The van der Waals surface area contributed by atoms with Crippen molar-refractivity contribution < 1.29 is 4.42 Å². The Morgan fingerprint density at radius 3 is 2.68 bits per heavy atom.